The number of pyridine rings is 1. The summed E-state index contributed by atoms with van der Waals surface area (Å²) >= 11 is 1.40. The zero-order valence-electron chi connectivity index (χ0n) is 26.2. The van der Waals surface area contributed by atoms with Crippen LogP contribution in [0.15, 0.2) is 66.6 Å². The van der Waals surface area contributed by atoms with Crippen LogP contribution >= 0.6 is 11.3 Å². The molecule has 3 aromatic heterocycles. The van der Waals surface area contributed by atoms with Gasteiger partial charge in [-0.3, -0.25) is 14.3 Å². The first-order valence-electron chi connectivity index (χ1n) is 15.1. The molecule has 0 radical (unpaired) electrons. The van der Waals surface area contributed by atoms with Crippen LogP contribution in [0.4, 0.5) is 8.78 Å². The van der Waals surface area contributed by atoms with E-state index in [-0.39, 0.29) is 48.8 Å². The van der Waals surface area contributed by atoms with E-state index in [2.05, 4.69) is 11.9 Å². The van der Waals surface area contributed by atoms with Crippen LogP contribution in [0.2, 0.25) is 0 Å². The average molecular weight is 658 g/mol. The number of thiophene rings is 1. The number of halogens is 2. The van der Waals surface area contributed by atoms with Crippen molar-refractivity contribution < 1.29 is 27.8 Å². The van der Waals surface area contributed by atoms with Gasteiger partial charge in [-0.15, -0.1) is 11.3 Å². The molecule has 2 amide bonds. The fraction of sp³-hybridized carbons (Fsp3) is 0.257. The van der Waals surface area contributed by atoms with E-state index in [4.69, 9.17) is 19.6 Å². The zero-order valence-corrected chi connectivity index (χ0v) is 27.0. The molecular weight excluding hydrogens is 624 g/mol. The molecule has 1 N–H and O–H groups in total. The molecule has 1 unspecified atom stereocenters. The molecule has 0 saturated carbocycles. The fourth-order valence-corrected chi connectivity index (χ4v) is 6.84. The molecule has 9 nitrogen and oxygen atoms in total. The third-order valence-corrected chi connectivity index (χ3v) is 9.18. The number of carbonyl (C=O) groups is 2. The lowest BCUT2D eigenvalue weighted by Crippen LogP contribution is -2.40. The molecule has 2 aromatic carbocycles. The highest BCUT2D eigenvalue weighted by Crippen LogP contribution is 2.47. The molecule has 12 heteroatoms. The van der Waals surface area contributed by atoms with Crippen LogP contribution in [0.25, 0.3) is 43.9 Å². The monoisotopic (exact) mass is 657 g/mol. The third-order valence-electron chi connectivity index (χ3n) is 8.25. The molecular formula is C35H33F2N5O4S. The Hall–Kier alpha value is -4.94. The van der Waals surface area contributed by atoms with Gasteiger partial charge in [0.25, 0.3) is 0 Å². The van der Waals surface area contributed by atoms with Gasteiger partial charge in [-0.25, -0.2) is 13.8 Å². The molecule has 0 bridgehead atoms. The van der Waals surface area contributed by atoms with E-state index >= 15 is 4.39 Å². The van der Waals surface area contributed by atoms with Crippen molar-refractivity contribution in [3.05, 3.63) is 89.5 Å². The number of likely N-dealkylation sites (N-methyl/N-ethyl adjacent to an activating group) is 1. The molecule has 0 fully saturated rings. The number of amides is 2. The van der Waals surface area contributed by atoms with E-state index in [1.54, 1.807) is 11.9 Å². The number of methoxy groups -OCH3 is 1. The molecule has 0 saturated heterocycles. The van der Waals surface area contributed by atoms with Gasteiger partial charge in [0.15, 0.2) is 0 Å². The topological polar surface area (TPSA) is 98.6 Å². The van der Waals surface area contributed by atoms with Gasteiger partial charge in [0, 0.05) is 54.0 Å². The first-order valence-corrected chi connectivity index (χ1v) is 15.9. The van der Waals surface area contributed by atoms with Gasteiger partial charge in [-0.1, -0.05) is 30.8 Å². The van der Waals surface area contributed by atoms with E-state index in [1.165, 1.54) is 24.5 Å². The third kappa shape index (κ3) is 6.13. The lowest BCUT2D eigenvalue weighted by molar-refractivity contribution is -0.129. The van der Waals surface area contributed by atoms with Gasteiger partial charge in [0.2, 0.25) is 11.8 Å². The first kappa shape index (κ1) is 32.0. The van der Waals surface area contributed by atoms with Gasteiger partial charge in [-0.2, -0.15) is 5.10 Å². The van der Waals surface area contributed by atoms with Crippen molar-refractivity contribution in [3.8, 4) is 39.5 Å². The van der Waals surface area contributed by atoms with Crippen molar-refractivity contribution >= 4 is 33.2 Å². The SMILES string of the molecule is C=CC(=O)N1CCn2nc(-c3nc(-c4ccc(CC(=O)NC)cc4)c4ccsc4c3-c3c(F)cc(F)cc3OCCOC)cc2C1C. The Kier molecular flexibility index (Phi) is 9.15. The Labute approximate surface area is 274 Å². The highest BCUT2D eigenvalue weighted by molar-refractivity contribution is 7.18. The summed E-state index contributed by atoms with van der Waals surface area (Å²) in [5.41, 5.74) is 4.38. The number of carbonyl (C=O) groups excluding carboxylic acids is 2. The van der Waals surface area contributed by atoms with E-state index < -0.39 is 11.6 Å². The van der Waals surface area contributed by atoms with Gasteiger partial charge in [-0.05, 0) is 36.1 Å². The molecule has 4 heterocycles. The minimum Gasteiger partial charge on any atom is -0.490 e. The van der Waals surface area contributed by atoms with Crippen LogP contribution < -0.4 is 10.1 Å². The molecule has 5 aromatic rings. The van der Waals surface area contributed by atoms with Crippen molar-refractivity contribution in [2.45, 2.75) is 25.9 Å². The van der Waals surface area contributed by atoms with Crippen molar-refractivity contribution in [2.24, 2.45) is 0 Å². The summed E-state index contributed by atoms with van der Waals surface area (Å²) in [6.45, 7) is 6.75. The van der Waals surface area contributed by atoms with E-state index in [9.17, 15) is 14.0 Å². The standard InChI is InChI=1S/C35H33F2N5O4S/c1-5-30(44)41-11-12-42-27(20(41)2)19-26(40-42)34-32(31-25(37)17-23(36)18-28(31)46-14-13-45-4)35-24(10-15-47-35)33(39-34)22-8-6-21(7-9-22)16-29(43)38-3/h5-10,15,17-20H,1,11-14,16H2,2-4H3,(H,38,43). The molecule has 0 spiro atoms. The molecule has 242 valence electrons. The number of hydrogen-bond acceptors (Lipinski definition) is 7. The van der Waals surface area contributed by atoms with Crippen molar-refractivity contribution in [1.82, 2.24) is 25.0 Å². The van der Waals surface area contributed by atoms with Crippen LogP contribution in [-0.2, 0) is 27.3 Å². The van der Waals surface area contributed by atoms with Gasteiger partial charge < -0.3 is 19.7 Å². The number of nitrogens with one attached hydrogen (secondary N) is 1. The second-order valence-corrected chi connectivity index (χ2v) is 12.0. The van der Waals surface area contributed by atoms with Crippen molar-refractivity contribution in [2.75, 3.05) is 33.9 Å². The predicted octanol–water partition coefficient (Wildman–Crippen LogP) is 6.17. The Morgan fingerprint density at radius 3 is 2.60 bits per heavy atom. The van der Waals surface area contributed by atoms with Crippen LogP contribution in [-0.4, -0.2) is 65.4 Å². The number of nitrogens with zero attached hydrogens (tertiary/aromatic N) is 4. The number of benzene rings is 2. The quantitative estimate of drug-likeness (QED) is 0.142. The Bertz CT molecular complexity index is 1990. The smallest absolute Gasteiger partial charge is 0.246 e. The van der Waals surface area contributed by atoms with Crippen LogP contribution in [0.5, 0.6) is 5.75 Å². The fourth-order valence-electron chi connectivity index (χ4n) is 5.89. The molecule has 1 atom stereocenters. The molecule has 1 aliphatic heterocycles. The normalized spacial score (nSPS) is 14.2. The largest absolute Gasteiger partial charge is 0.490 e. The van der Waals surface area contributed by atoms with E-state index in [0.29, 0.717) is 40.4 Å². The second kappa shape index (κ2) is 13.4. The summed E-state index contributed by atoms with van der Waals surface area (Å²) in [6, 6.07) is 13.0. The van der Waals surface area contributed by atoms with Crippen LogP contribution in [0, 0.1) is 11.6 Å². The minimum absolute atomic E-state index is 0.0173. The number of rotatable bonds is 10. The summed E-state index contributed by atoms with van der Waals surface area (Å²) in [4.78, 5) is 31.4. The summed E-state index contributed by atoms with van der Waals surface area (Å²) in [5.74, 6) is -1.84. The zero-order chi connectivity index (χ0) is 33.2. The maximum absolute atomic E-state index is 16.0. The highest BCUT2D eigenvalue weighted by Gasteiger charge is 2.31. The number of aromatic nitrogens is 3. The van der Waals surface area contributed by atoms with Gasteiger partial charge in [0.1, 0.15) is 35.4 Å². The molecule has 6 rings (SSSR count). The number of hydrogen-bond donors (Lipinski definition) is 1. The highest BCUT2D eigenvalue weighted by atomic mass is 32.1. The van der Waals surface area contributed by atoms with Crippen LogP contribution in [0.1, 0.15) is 24.2 Å². The molecule has 1 aliphatic rings. The summed E-state index contributed by atoms with van der Waals surface area (Å²) < 4.78 is 44.2. The Morgan fingerprint density at radius 1 is 1.09 bits per heavy atom. The van der Waals surface area contributed by atoms with Gasteiger partial charge in [0.05, 0.1) is 42.6 Å². The second-order valence-electron chi connectivity index (χ2n) is 11.1. The Balaban J connectivity index is 1.59. The number of fused-ring (bicyclic) bond motifs is 2. The average Bonchev–Trinajstić information content (AvgIpc) is 3.73. The summed E-state index contributed by atoms with van der Waals surface area (Å²) in [5, 5.41) is 10.2. The lowest BCUT2D eigenvalue weighted by Gasteiger charge is -2.33. The van der Waals surface area contributed by atoms with Gasteiger partial charge >= 0.3 is 0 Å². The number of ether oxygens (including phenoxy) is 2. The minimum atomic E-state index is -0.804. The summed E-state index contributed by atoms with van der Waals surface area (Å²) in [6.07, 6.45) is 1.53. The maximum atomic E-state index is 16.0. The Morgan fingerprint density at radius 2 is 1.87 bits per heavy atom. The molecule has 47 heavy (non-hydrogen) atoms. The van der Waals surface area contributed by atoms with Crippen molar-refractivity contribution in [1.29, 1.82) is 0 Å². The maximum Gasteiger partial charge on any atom is 0.246 e. The van der Waals surface area contributed by atoms with Crippen LogP contribution in [0.3, 0.4) is 0 Å². The van der Waals surface area contributed by atoms with E-state index in [0.717, 1.165) is 34.3 Å². The predicted molar refractivity (Wildman–Crippen MR) is 177 cm³/mol. The van der Waals surface area contributed by atoms with E-state index in [1.807, 2.05) is 53.4 Å². The van der Waals surface area contributed by atoms with Crippen molar-refractivity contribution in [3.63, 3.8) is 0 Å². The first-order chi connectivity index (χ1) is 22.7. The lowest BCUT2D eigenvalue weighted by atomic mass is 9.96. The molecule has 0 aliphatic carbocycles. The summed E-state index contributed by atoms with van der Waals surface area (Å²) in [7, 11) is 3.11.